The minimum atomic E-state index is 0.565. The van der Waals surface area contributed by atoms with E-state index in [9.17, 15) is 0 Å². The van der Waals surface area contributed by atoms with E-state index in [4.69, 9.17) is 5.26 Å². The van der Waals surface area contributed by atoms with Crippen molar-refractivity contribution in [1.82, 2.24) is 0 Å². The molecule has 0 radical (unpaired) electrons. The Balaban J connectivity index is 3.25. The average Bonchev–Trinajstić information content (AvgIpc) is 1.85. The third-order valence-corrected chi connectivity index (χ3v) is 1.70. The summed E-state index contributed by atoms with van der Waals surface area (Å²) < 4.78 is 0. The molecule has 1 aromatic carbocycles. The van der Waals surface area contributed by atoms with E-state index in [0.29, 0.717) is 5.75 Å². The minimum Gasteiger partial charge on any atom is -0.340 e. The van der Waals surface area contributed by atoms with Gasteiger partial charge in [-0.2, -0.15) is 0 Å². The second-order valence-electron chi connectivity index (χ2n) is 2.82. The molecule has 0 bridgehead atoms. The quantitative estimate of drug-likeness (QED) is 0.494. The fourth-order valence-electron chi connectivity index (χ4n) is 1.31. The highest BCUT2D eigenvalue weighted by atomic mass is 17.1. The van der Waals surface area contributed by atoms with Gasteiger partial charge in [0, 0.05) is 0 Å². The van der Waals surface area contributed by atoms with E-state index in [1.54, 1.807) is 0 Å². The van der Waals surface area contributed by atoms with Crippen molar-refractivity contribution in [2.75, 3.05) is 0 Å². The summed E-state index contributed by atoms with van der Waals surface area (Å²) in [5.41, 5.74) is 3.11. The molecule has 0 unspecified atom stereocenters. The highest BCUT2D eigenvalue weighted by Crippen LogP contribution is 2.23. The molecule has 0 heterocycles. The summed E-state index contributed by atoms with van der Waals surface area (Å²) in [6, 6.07) is 3.94. The molecule has 60 valence electrons. The highest BCUT2D eigenvalue weighted by Gasteiger charge is 2.03. The molecule has 2 nitrogen and oxygen atoms in total. The molecule has 0 saturated carbocycles. The Kier molecular flexibility index (Phi) is 2.15. The van der Waals surface area contributed by atoms with Crippen LogP contribution in [-0.4, -0.2) is 5.26 Å². The van der Waals surface area contributed by atoms with Gasteiger partial charge in [-0.25, -0.2) is 5.26 Å². The van der Waals surface area contributed by atoms with Gasteiger partial charge in [-0.3, -0.25) is 0 Å². The van der Waals surface area contributed by atoms with Gasteiger partial charge >= 0.3 is 0 Å². The van der Waals surface area contributed by atoms with Gasteiger partial charge in [0.2, 0.25) is 0 Å². The van der Waals surface area contributed by atoms with Gasteiger partial charge in [0.05, 0.1) is 0 Å². The Labute approximate surface area is 66.4 Å². The summed E-state index contributed by atoms with van der Waals surface area (Å²) in [6.07, 6.45) is 0. The normalized spacial score (nSPS) is 9.82. The van der Waals surface area contributed by atoms with Gasteiger partial charge in [-0.1, -0.05) is 17.7 Å². The summed E-state index contributed by atoms with van der Waals surface area (Å²) in [5, 5.41) is 8.49. The third kappa shape index (κ3) is 1.52. The fraction of sp³-hybridized carbons (Fsp3) is 0.333. The lowest BCUT2D eigenvalue weighted by Gasteiger charge is -2.06. The molecule has 11 heavy (non-hydrogen) atoms. The highest BCUT2D eigenvalue weighted by molar-refractivity contribution is 5.42. The van der Waals surface area contributed by atoms with Crippen molar-refractivity contribution in [3.8, 4) is 5.75 Å². The molecule has 1 N–H and O–H groups in total. The van der Waals surface area contributed by atoms with Crippen LogP contribution < -0.4 is 4.89 Å². The van der Waals surface area contributed by atoms with E-state index in [1.165, 1.54) is 5.56 Å². The van der Waals surface area contributed by atoms with Gasteiger partial charge in [0.1, 0.15) is 0 Å². The van der Waals surface area contributed by atoms with Gasteiger partial charge in [-0.15, -0.1) is 0 Å². The lowest BCUT2D eigenvalue weighted by atomic mass is 10.1. The number of benzene rings is 1. The first kappa shape index (κ1) is 8.08. The molecule has 0 aliphatic carbocycles. The first-order valence-corrected chi connectivity index (χ1v) is 3.54. The lowest BCUT2D eigenvalue weighted by molar-refractivity contribution is -0.138. The average molecular weight is 152 g/mol. The van der Waals surface area contributed by atoms with Gasteiger partial charge in [0.15, 0.2) is 5.75 Å². The predicted molar refractivity (Wildman–Crippen MR) is 43.9 cm³/mol. The molecule has 1 aromatic rings. The van der Waals surface area contributed by atoms with Crippen molar-refractivity contribution in [3.63, 3.8) is 0 Å². The zero-order valence-corrected chi connectivity index (χ0v) is 7.01. The third-order valence-electron chi connectivity index (χ3n) is 1.70. The second kappa shape index (κ2) is 2.93. The van der Waals surface area contributed by atoms with E-state index >= 15 is 0 Å². The molecule has 0 aromatic heterocycles. The van der Waals surface area contributed by atoms with Crippen molar-refractivity contribution in [2.24, 2.45) is 0 Å². The van der Waals surface area contributed by atoms with Gasteiger partial charge in [-0.05, 0) is 31.9 Å². The standard InChI is InChI=1S/C9H12O2/c1-6-4-7(2)9(11-10)8(3)5-6/h4-5,10H,1-3H3. The number of aryl methyl sites for hydroxylation is 3. The van der Waals surface area contributed by atoms with Crippen LogP contribution in [0.4, 0.5) is 0 Å². The van der Waals surface area contributed by atoms with Crippen LogP contribution in [0.1, 0.15) is 16.7 Å². The summed E-state index contributed by atoms with van der Waals surface area (Å²) >= 11 is 0. The molecule has 0 aliphatic rings. The number of rotatable bonds is 1. The molecule has 0 fully saturated rings. The Morgan fingerprint density at radius 2 is 1.55 bits per heavy atom. The first-order valence-electron chi connectivity index (χ1n) is 3.54. The van der Waals surface area contributed by atoms with Crippen LogP contribution in [-0.2, 0) is 0 Å². The molecule has 0 amide bonds. The van der Waals surface area contributed by atoms with E-state index in [1.807, 2.05) is 32.9 Å². The molecular formula is C9H12O2. The SMILES string of the molecule is Cc1cc(C)c(OO)c(C)c1. The number of hydrogen-bond acceptors (Lipinski definition) is 2. The van der Waals surface area contributed by atoms with Crippen molar-refractivity contribution in [2.45, 2.75) is 20.8 Å². The summed E-state index contributed by atoms with van der Waals surface area (Å²) in [6.45, 7) is 5.83. The maximum absolute atomic E-state index is 8.49. The molecule has 0 atom stereocenters. The monoisotopic (exact) mass is 152 g/mol. The predicted octanol–water partition coefficient (Wildman–Crippen LogP) is 2.46. The lowest BCUT2D eigenvalue weighted by Crippen LogP contribution is -1.92. The van der Waals surface area contributed by atoms with Crippen LogP contribution >= 0.6 is 0 Å². The second-order valence-corrected chi connectivity index (χ2v) is 2.82. The van der Waals surface area contributed by atoms with Crippen LogP contribution in [0.5, 0.6) is 5.75 Å². The van der Waals surface area contributed by atoms with Crippen LogP contribution in [0.25, 0.3) is 0 Å². The summed E-state index contributed by atoms with van der Waals surface area (Å²) in [4.78, 5) is 4.23. The molecule has 0 saturated heterocycles. The van der Waals surface area contributed by atoms with E-state index in [0.717, 1.165) is 11.1 Å². The molecule has 2 heteroatoms. The van der Waals surface area contributed by atoms with E-state index in [-0.39, 0.29) is 0 Å². The molecular weight excluding hydrogens is 140 g/mol. The van der Waals surface area contributed by atoms with Crippen LogP contribution in [0, 0.1) is 20.8 Å². The van der Waals surface area contributed by atoms with Crippen molar-refractivity contribution in [3.05, 3.63) is 28.8 Å². The Bertz CT molecular complexity index is 243. The molecule has 0 aliphatic heterocycles. The maximum atomic E-state index is 8.49. The van der Waals surface area contributed by atoms with E-state index in [2.05, 4.69) is 4.89 Å². The topological polar surface area (TPSA) is 29.5 Å². The summed E-state index contributed by atoms with van der Waals surface area (Å²) in [5.74, 6) is 0.565. The number of hydrogen-bond donors (Lipinski definition) is 1. The first-order chi connectivity index (χ1) is 5.15. The fourth-order valence-corrected chi connectivity index (χ4v) is 1.31. The minimum absolute atomic E-state index is 0.565. The van der Waals surface area contributed by atoms with Crippen molar-refractivity contribution < 1.29 is 10.1 Å². The Hall–Kier alpha value is -1.02. The van der Waals surface area contributed by atoms with Gasteiger partial charge in [0.25, 0.3) is 0 Å². The van der Waals surface area contributed by atoms with Crippen LogP contribution in [0.15, 0.2) is 12.1 Å². The zero-order chi connectivity index (χ0) is 8.43. The van der Waals surface area contributed by atoms with Crippen LogP contribution in [0.2, 0.25) is 0 Å². The van der Waals surface area contributed by atoms with E-state index < -0.39 is 0 Å². The van der Waals surface area contributed by atoms with Crippen molar-refractivity contribution in [1.29, 1.82) is 0 Å². The van der Waals surface area contributed by atoms with Gasteiger partial charge < -0.3 is 4.89 Å². The molecule has 0 spiro atoms. The maximum Gasteiger partial charge on any atom is 0.170 e. The van der Waals surface area contributed by atoms with Crippen LogP contribution in [0.3, 0.4) is 0 Å². The Morgan fingerprint density at radius 1 is 1.09 bits per heavy atom. The van der Waals surface area contributed by atoms with Crippen molar-refractivity contribution >= 4 is 0 Å². The largest absolute Gasteiger partial charge is 0.340 e. The summed E-state index contributed by atoms with van der Waals surface area (Å²) in [7, 11) is 0. The smallest absolute Gasteiger partial charge is 0.170 e. The molecule has 1 rings (SSSR count). The zero-order valence-electron chi connectivity index (χ0n) is 7.01. The Morgan fingerprint density at radius 3 is 1.91 bits per heavy atom.